The molecule has 0 unspecified atom stereocenters. The van der Waals surface area contributed by atoms with E-state index in [4.69, 9.17) is 0 Å². The molecule has 0 N–H and O–H groups in total. The van der Waals surface area contributed by atoms with E-state index in [2.05, 4.69) is 43.8 Å². The Morgan fingerprint density at radius 2 is 2.31 bits per heavy atom. The van der Waals surface area contributed by atoms with Crippen molar-refractivity contribution >= 4 is 27.0 Å². The summed E-state index contributed by atoms with van der Waals surface area (Å²) in [5.41, 5.74) is 1.12. The van der Waals surface area contributed by atoms with Gasteiger partial charge in [-0.15, -0.1) is 0 Å². The van der Waals surface area contributed by atoms with Crippen LogP contribution in [0.2, 0.25) is 0 Å². The molecule has 0 amide bonds. The van der Waals surface area contributed by atoms with Gasteiger partial charge in [-0.05, 0) is 40.9 Å². The molecule has 2 aromatic rings. The Bertz CT molecular complexity index is 457. The first-order valence-electron chi connectivity index (χ1n) is 4.47. The Morgan fingerprint density at radius 1 is 1.46 bits per heavy atom. The lowest BCUT2D eigenvalue weighted by Gasteiger charge is -2.00. The van der Waals surface area contributed by atoms with Crippen LogP contribution in [-0.4, -0.2) is 9.55 Å². The largest absolute Gasteiger partial charge is 0.329 e. The van der Waals surface area contributed by atoms with E-state index in [1.54, 1.807) is 0 Å². The quantitative estimate of drug-likeness (QED) is 0.744. The van der Waals surface area contributed by atoms with Gasteiger partial charge in [0.05, 0.1) is 0 Å². The molecule has 13 heavy (non-hydrogen) atoms. The molecule has 0 aromatic carbocycles. The maximum Gasteiger partial charge on any atom is 0.140 e. The van der Waals surface area contributed by atoms with Gasteiger partial charge in [0.1, 0.15) is 5.65 Å². The number of hydrogen-bond acceptors (Lipinski definition) is 1. The van der Waals surface area contributed by atoms with Gasteiger partial charge in [-0.2, -0.15) is 0 Å². The van der Waals surface area contributed by atoms with Crippen LogP contribution in [0.1, 0.15) is 18.9 Å². The Hall–Kier alpha value is -0.830. The van der Waals surface area contributed by atoms with Crippen molar-refractivity contribution in [3.63, 3.8) is 0 Å². The third kappa shape index (κ3) is 1.18. The van der Waals surface area contributed by atoms with E-state index in [1.807, 2.05) is 6.20 Å². The van der Waals surface area contributed by atoms with Crippen molar-refractivity contribution in [2.75, 3.05) is 0 Å². The molecule has 3 rings (SSSR count). The Balaban J connectivity index is 2.26. The zero-order chi connectivity index (χ0) is 8.84. The maximum absolute atomic E-state index is 4.42. The fourth-order valence-electron chi connectivity index (χ4n) is 1.66. The molecule has 2 aromatic heterocycles. The summed E-state index contributed by atoms with van der Waals surface area (Å²) in [6, 6.07) is 4.96. The van der Waals surface area contributed by atoms with Crippen LogP contribution in [0.3, 0.4) is 0 Å². The molecule has 1 fully saturated rings. The molecule has 0 saturated heterocycles. The summed E-state index contributed by atoms with van der Waals surface area (Å²) in [4.78, 5) is 4.42. The van der Waals surface area contributed by atoms with Gasteiger partial charge in [0.25, 0.3) is 0 Å². The first kappa shape index (κ1) is 7.56. The molecule has 3 heteroatoms. The highest BCUT2D eigenvalue weighted by Gasteiger charge is 2.24. The average Bonchev–Trinajstić information content (AvgIpc) is 2.87. The summed E-state index contributed by atoms with van der Waals surface area (Å²) >= 11 is 3.42. The minimum Gasteiger partial charge on any atom is -0.329 e. The third-order valence-corrected chi connectivity index (χ3v) is 2.89. The molecular formula is C10H9BrN2. The molecule has 0 spiro atoms. The molecule has 0 radical (unpaired) electrons. The summed E-state index contributed by atoms with van der Waals surface area (Å²) in [7, 11) is 0. The van der Waals surface area contributed by atoms with Crippen molar-refractivity contribution in [1.29, 1.82) is 0 Å². The fourth-order valence-corrected chi connectivity index (χ4v) is 2.01. The van der Waals surface area contributed by atoms with Crippen LogP contribution in [0.5, 0.6) is 0 Å². The van der Waals surface area contributed by atoms with E-state index < -0.39 is 0 Å². The van der Waals surface area contributed by atoms with Gasteiger partial charge in [0.2, 0.25) is 0 Å². The van der Waals surface area contributed by atoms with Crippen molar-refractivity contribution in [2.45, 2.75) is 18.9 Å². The topological polar surface area (TPSA) is 17.8 Å². The SMILES string of the molecule is Brc1cnc2c(ccn2C2CC2)c1. The van der Waals surface area contributed by atoms with Crippen LogP contribution >= 0.6 is 15.9 Å². The standard InChI is InChI=1S/C10H9BrN2/c11-8-5-7-3-4-13(9-1-2-9)10(7)12-6-8/h3-6,9H,1-2H2. The number of aromatic nitrogens is 2. The van der Waals surface area contributed by atoms with Gasteiger partial charge >= 0.3 is 0 Å². The molecule has 0 atom stereocenters. The lowest BCUT2D eigenvalue weighted by molar-refractivity contribution is 0.766. The van der Waals surface area contributed by atoms with Gasteiger partial charge in [-0.3, -0.25) is 0 Å². The molecule has 66 valence electrons. The number of rotatable bonds is 1. The second-order valence-corrected chi connectivity index (χ2v) is 4.44. The molecule has 1 saturated carbocycles. The van der Waals surface area contributed by atoms with Crippen LogP contribution in [0.25, 0.3) is 11.0 Å². The number of nitrogens with zero attached hydrogens (tertiary/aromatic N) is 2. The second kappa shape index (κ2) is 2.58. The highest BCUT2D eigenvalue weighted by atomic mass is 79.9. The molecule has 1 aliphatic carbocycles. The maximum atomic E-state index is 4.42. The van der Waals surface area contributed by atoms with E-state index in [0.29, 0.717) is 6.04 Å². The third-order valence-electron chi connectivity index (χ3n) is 2.46. The number of pyridine rings is 1. The number of fused-ring (bicyclic) bond motifs is 1. The van der Waals surface area contributed by atoms with Gasteiger partial charge in [-0.1, -0.05) is 0 Å². The van der Waals surface area contributed by atoms with Crippen molar-refractivity contribution in [3.8, 4) is 0 Å². The first-order chi connectivity index (χ1) is 6.34. The Labute approximate surface area is 84.7 Å². The van der Waals surface area contributed by atoms with E-state index in [-0.39, 0.29) is 0 Å². The van der Waals surface area contributed by atoms with Gasteiger partial charge in [-0.25, -0.2) is 4.98 Å². The van der Waals surface area contributed by atoms with Gasteiger partial charge < -0.3 is 4.57 Å². The predicted molar refractivity (Wildman–Crippen MR) is 55.7 cm³/mol. The van der Waals surface area contributed by atoms with Crippen LogP contribution < -0.4 is 0 Å². The van der Waals surface area contributed by atoms with Crippen LogP contribution in [0.15, 0.2) is 29.0 Å². The number of halogens is 1. The second-order valence-electron chi connectivity index (χ2n) is 3.52. The van der Waals surface area contributed by atoms with Crippen LogP contribution in [0, 0.1) is 0 Å². The summed E-state index contributed by atoms with van der Waals surface area (Å²) in [5, 5.41) is 1.22. The lowest BCUT2D eigenvalue weighted by atomic mass is 10.3. The van der Waals surface area contributed by atoms with Crippen molar-refractivity contribution in [1.82, 2.24) is 9.55 Å². The first-order valence-corrected chi connectivity index (χ1v) is 5.26. The molecule has 2 nitrogen and oxygen atoms in total. The number of hydrogen-bond donors (Lipinski definition) is 0. The smallest absolute Gasteiger partial charge is 0.140 e. The summed E-state index contributed by atoms with van der Waals surface area (Å²) < 4.78 is 3.33. The van der Waals surface area contributed by atoms with Crippen LogP contribution in [-0.2, 0) is 0 Å². The average molecular weight is 237 g/mol. The Morgan fingerprint density at radius 3 is 3.08 bits per heavy atom. The molecule has 1 aliphatic rings. The van der Waals surface area contributed by atoms with E-state index >= 15 is 0 Å². The Kier molecular flexibility index (Phi) is 1.50. The normalized spacial score (nSPS) is 16.7. The van der Waals surface area contributed by atoms with E-state index in [1.165, 1.54) is 18.2 Å². The minimum atomic E-state index is 0.714. The van der Waals surface area contributed by atoms with Crippen molar-refractivity contribution in [3.05, 3.63) is 29.0 Å². The van der Waals surface area contributed by atoms with E-state index in [9.17, 15) is 0 Å². The van der Waals surface area contributed by atoms with E-state index in [0.717, 1.165) is 10.1 Å². The van der Waals surface area contributed by atoms with Gasteiger partial charge in [0, 0.05) is 28.3 Å². The fraction of sp³-hybridized carbons (Fsp3) is 0.300. The van der Waals surface area contributed by atoms with Crippen LogP contribution in [0.4, 0.5) is 0 Å². The lowest BCUT2D eigenvalue weighted by Crippen LogP contribution is -1.92. The molecule has 0 bridgehead atoms. The molecular weight excluding hydrogens is 228 g/mol. The van der Waals surface area contributed by atoms with Crippen molar-refractivity contribution in [2.24, 2.45) is 0 Å². The highest BCUT2D eigenvalue weighted by molar-refractivity contribution is 9.10. The zero-order valence-electron chi connectivity index (χ0n) is 7.07. The highest BCUT2D eigenvalue weighted by Crippen LogP contribution is 2.37. The zero-order valence-corrected chi connectivity index (χ0v) is 8.66. The van der Waals surface area contributed by atoms with Gasteiger partial charge in [0.15, 0.2) is 0 Å². The molecule has 0 aliphatic heterocycles. The van der Waals surface area contributed by atoms with Crippen molar-refractivity contribution < 1.29 is 0 Å². The monoisotopic (exact) mass is 236 g/mol. The summed E-state index contributed by atoms with van der Waals surface area (Å²) in [6.45, 7) is 0. The molecule has 2 heterocycles. The minimum absolute atomic E-state index is 0.714. The predicted octanol–water partition coefficient (Wildman–Crippen LogP) is 3.13. The summed E-state index contributed by atoms with van der Waals surface area (Å²) in [5.74, 6) is 0. The summed E-state index contributed by atoms with van der Waals surface area (Å²) in [6.07, 6.45) is 6.62.